The molecule has 2 heterocycles. The van der Waals surface area contributed by atoms with Gasteiger partial charge in [-0.15, -0.1) is 0 Å². The van der Waals surface area contributed by atoms with Crippen molar-refractivity contribution in [1.82, 2.24) is 9.88 Å². The van der Waals surface area contributed by atoms with E-state index in [0.29, 0.717) is 27.0 Å². The summed E-state index contributed by atoms with van der Waals surface area (Å²) in [5, 5.41) is 10.9. The van der Waals surface area contributed by atoms with Gasteiger partial charge in [-0.05, 0) is 59.8 Å². The highest BCUT2D eigenvalue weighted by Gasteiger charge is 2.34. The van der Waals surface area contributed by atoms with E-state index in [4.69, 9.17) is 21.1 Å². The van der Waals surface area contributed by atoms with E-state index in [1.165, 1.54) is 12.1 Å². The van der Waals surface area contributed by atoms with Crippen LogP contribution in [0.2, 0.25) is 5.02 Å². The molecule has 11 heteroatoms. The molecule has 0 atom stereocenters. The van der Waals surface area contributed by atoms with Crippen molar-refractivity contribution in [2.45, 2.75) is 0 Å². The lowest BCUT2D eigenvalue weighted by Crippen LogP contribution is -2.32. The molecule has 3 aromatic rings. The van der Waals surface area contributed by atoms with Crippen LogP contribution in [-0.4, -0.2) is 39.1 Å². The Bertz CT molecular complexity index is 1250. The van der Waals surface area contributed by atoms with Crippen LogP contribution >= 0.6 is 23.4 Å². The summed E-state index contributed by atoms with van der Waals surface area (Å²) >= 11 is 6.70. The van der Waals surface area contributed by atoms with Crippen LogP contribution in [0.25, 0.3) is 6.08 Å². The number of thioether (sulfide) groups is 1. The first kappa shape index (κ1) is 23.3. The number of hydrogen-bond donors (Lipinski definition) is 0. The minimum atomic E-state index is -0.542. The molecule has 4 rings (SSSR count). The molecule has 1 aliphatic rings. The molecular formula is C23H16ClN3O6S. The summed E-state index contributed by atoms with van der Waals surface area (Å²) in [7, 11) is 0. The third kappa shape index (κ3) is 5.72. The zero-order valence-corrected chi connectivity index (χ0v) is 19.0. The Labute approximate surface area is 203 Å². The quantitative estimate of drug-likeness (QED) is 0.226. The Balaban J connectivity index is 1.34. The maximum atomic E-state index is 12.7. The number of ether oxygens (including phenoxy) is 2. The molecule has 34 heavy (non-hydrogen) atoms. The van der Waals surface area contributed by atoms with Gasteiger partial charge in [-0.25, -0.2) is 4.98 Å². The number of benzene rings is 2. The van der Waals surface area contributed by atoms with Crippen LogP contribution in [0.4, 0.5) is 10.5 Å². The minimum absolute atomic E-state index is 0.125. The summed E-state index contributed by atoms with van der Waals surface area (Å²) in [5.41, 5.74) is 0.570. The summed E-state index contributed by atoms with van der Waals surface area (Å²) in [5.74, 6) is 0.884. The van der Waals surface area contributed by atoms with Crippen molar-refractivity contribution in [3.05, 3.63) is 92.5 Å². The normalized spacial score (nSPS) is 14.5. The molecule has 2 aromatic carbocycles. The highest BCUT2D eigenvalue weighted by Crippen LogP contribution is 2.32. The van der Waals surface area contributed by atoms with Crippen molar-refractivity contribution < 1.29 is 24.0 Å². The monoisotopic (exact) mass is 497 g/mol. The highest BCUT2D eigenvalue weighted by atomic mass is 35.5. The van der Waals surface area contributed by atoms with E-state index >= 15 is 0 Å². The molecule has 0 radical (unpaired) electrons. The van der Waals surface area contributed by atoms with Gasteiger partial charge in [-0.3, -0.25) is 24.6 Å². The highest BCUT2D eigenvalue weighted by molar-refractivity contribution is 8.18. The van der Waals surface area contributed by atoms with Gasteiger partial charge in [0, 0.05) is 17.2 Å². The summed E-state index contributed by atoms with van der Waals surface area (Å²) in [6, 6.07) is 16.3. The Morgan fingerprint density at radius 3 is 2.38 bits per heavy atom. The van der Waals surface area contributed by atoms with Crippen LogP contribution in [0.1, 0.15) is 5.56 Å². The summed E-state index contributed by atoms with van der Waals surface area (Å²) in [6.45, 7) is 0.287. The number of amides is 2. The first-order valence-electron chi connectivity index (χ1n) is 9.91. The first-order chi connectivity index (χ1) is 16.4. The summed E-state index contributed by atoms with van der Waals surface area (Å²) in [4.78, 5) is 40.4. The van der Waals surface area contributed by atoms with E-state index in [9.17, 15) is 19.7 Å². The van der Waals surface area contributed by atoms with E-state index in [2.05, 4.69) is 4.98 Å². The minimum Gasteiger partial charge on any atom is -0.492 e. The van der Waals surface area contributed by atoms with Crippen LogP contribution in [0.3, 0.4) is 0 Å². The Hall–Kier alpha value is -3.89. The Kier molecular flexibility index (Phi) is 7.09. The number of imide groups is 1. The van der Waals surface area contributed by atoms with Crippen molar-refractivity contribution >= 4 is 46.3 Å². The number of pyridine rings is 1. The second-order valence-corrected chi connectivity index (χ2v) is 8.35. The Morgan fingerprint density at radius 1 is 1.03 bits per heavy atom. The van der Waals surface area contributed by atoms with E-state index < -0.39 is 4.92 Å². The lowest BCUT2D eigenvalue weighted by atomic mass is 10.2. The molecule has 172 valence electrons. The van der Waals surface area contributed by atoms with Crippen molar-refractivity contribution in [1.29, 1.82) is 0 Å². The van der Waals surface area contributed by atoms with E-state index in [0.717, 1.165) is 22.9 Å². The Morgan fingerprint density at radius 2 is 1.74 bits per heavy atom. The second-order valence-electron chi connectivity index (χ2n) is 6.92. The number of nitro groups is 1. The van der Waals surface area contributed by atoms with Gasteiger partial charge in [0.05, 0.1) is 16.4 Å². The van der Waals surface area contributed by atoms with Crippen LogP contribution in [-0.2, 0) is 4.79 Å². The average molecular weight is 498 g/mol. The van der Waals surface area contributed by atoms with Gasteiger partial charge < -0.3 is 9.47 Å². The van der Waals surface area contributed by atoms with E-state index in [1.54, 1.807) is 54.6 Å². The standard InChI is InChI=1S/C23H16ClN3O6S/c24-16-3-8-18(9-4-16)32-12-11-26-22(28)20(34-23(26)29)13-15-1-6-19(7-2-15)33-21-10-5-17(14-25-21)27(30)31/h1-10,13-14H,11-12H2/b20-13-. The molecule has 0 saturated carbocycles. The molecular weight excluding hydrogens is 482 g/mol. The second kappa shape index (κ2) is 10.4. The molecule has 1 fully saturated rings. The lowest BCUT2D eigenvalue weighted by Gasteiger charge is -2.13. The molecule has 2 amide bonds. The van der Waals surface area contributed by atoms with Gasteiger partial charge in [0.2, 0.25) is 5.88 Å². The zero-order chi connectivity index (χ0) is 24.1. The molecule has 1 saturated heterocycles. The molecule has 0 unspecified atom stereocenters. The summed E-state index contributed by atoms with van der Waals surface area (Å²) in [6.07, 6.45) is 2.74. The molecule has 0 bridgehead atoms. The van der Waals surface area contributed by atoms with Crippen LogP contribution in [0, 0.1) is 10.1 Å². The third-order valence-electron chi connectivity index (χ3n) is 4.60. The number of aromatic nitrogens is 1. The van der Waals surface area contributed by atoms with Gasteiger partial charge in [-0.2, -0.15) is 0 Å². The van der Waals surface area contributed by atoms with Gasteiger partial charge in [0.25, 0.3) is 16.8 Å². The van der Waals surface area contributed by atoms with Crippen molar-refractivity contribution in [2.75, 3.05) is 13.2 Å². The average Bonchev–Trinajstić information content (AvgIpc) is 3.09. The van der Waals surface area contributed by atoms with Crippen molar-refractivity contribution in [3.63, 3.8) is 0 Å². The van der Waals surface area contributed by atoms with E-state index in [-0.39, 0.29) is 35.9 Å². The van der Waals surface area contributed by atoms with Gasteiger partial charge in [0.1, 0.15) is 24.3 Å². The lowest BCUT2D eigenvalue weighted by molar-refractivity contribution is -0.385. The van der Waals surface area contributed by atoms with Gasteiger partial charge in [-0.1, -0.05) is 23.7 Å². The molecule has 1 aromatic heterocycles. The number of carbonyl (C=O) groups excluding carboxylic acids is 2. The topological polar surface area (TPSA) is 112 Å². The van der Waals surface area contributed by atoms with Gasteiger partial charge in [0.15, 0.2) is 0 Å². The van der Waals surface area contributed by atoms with Gasteiger partial charge >= 0.3 is 0 Å². The molecule has 1 aliphatic heterocycles. The predicted octanol–water partition coefficient (Wildman–Crippen LogP) is 5.55. The molecule has 9 nitrogen and oxygen atoms in total. The van der Waals surface area contributed by atoms with Crippen LogP contribution in [0.5, 0.6) is 17.4 Å². The van der Waals surface area contributed by atoms with Crippen LogP contribution < -0.4 is 9.47 Å². The fraction of sp³-hybridized carbons (Fsp3) is 0.0870. The number of nitrogens with zero attached hydrogens (tertiary/aromatic N) is 3. The fourth-order valence-electron chi connectivity index (χ4n) is 2.92. The van der Waals surface area contributed by atoms with Crippen LogP contribution in [0.15, 0.2) is 71.8 Å². The number of halogens is 1. The SMILES string of the molecule is O=C1S/C(=C\c2ccc(Oc3ccc([N+](=O)[O-])cn3)cc2)C(=O)N1CCOc1ccc(Cl)cc1. The third-order valence-corrected chi connectivity index (χ3v) is 5.76. The smallest absolute Gasteiger partial charge is 0.293 e. The number of hydrogen-bond acceptors (Lipinski definition) is 8. The number of carbonyl (C=O) groups is 2. The largest absolute Gasteiger partial charge is 0.492 e. The summed E-state index contributed by atoms with van der Waals surface area (Å²) < 4.78 is 11.1. The predicted molar refractivity (Wildman–Crippen MR) is 127 cm³/mol. The fourth-order valence-corrected chi connectivity index (χ4v) is 3.91. The van der Waals surface area contributed by atoms with Crippen molar-refractivity contribution in [2.24, 2.45) is 0 Å². The number of rotatable bonds is 8. The van der Waals surface area contributed by atoms with Crippen molar-refractivity contribution in [3.8, 4) is 17.4 Å². The first-order valence-corrected chi connectivity index (χ1v) is 11.1. The maximum Gasteiger partial charge on any atom is 0.293 e. The van der Waals surface area contributed by atoms with E-state index in [1.807, 2.05) is 0 Å². The maximum absolute atomic E-state index is 12.7. The molecule has 0 spiro atoms. The zero-order valence-electron chi connectivity index (χ0n) is 17.4. The molecule has 0 aliphatic carbocycles. The molecule has 0 N–H and O–H groups in total.